The molecule has 13 heavy (non-hydrogen) atoms. The first-order chi connectivity index (χ1) is 6.13. The van der Waals surface area contributed by atoms with Gasteiger partial charge in [-0.1, -0.05) is 13.3 Å². The van der Waals surface area contributed by atoms with Crippen molar-refractivity contribution in [1.29, 1.82) is 0 Å². The number of hydrogen-bond donors (Lipinski definition) is 0. The predicted octanol–water partition coefficient (Wildman–Crippen LogP) is 2.49. The highest BCUT2D eigenvalue weighted by atomic mass is 35.5. The van der Waals surface area contributed by atoms with E-state index in [1.807, 2.05) is 6.92 Å². The van der Waals surface area contributed by atoms with Crippen molar-refractivity contribution in [3.05, 3.63) is 0 Å². The Hall–Kier alpha value is -0.190. The zero-order valence-electron chi connectivity index (χ0n) is 6.97. The Bertz CT molecular complexity index is 196. The van der Waals surface area contributed by atoms with Crippen molar-refractivity contribution in [2.75, 3.05) is 6.61 Å². The molecule has 0 radical (unpaired) electrons. The molecule has 0 aliphatic rings. The van der Waals surface area contributed by atoms with Crippen molar-refractivity contribution in [2.24, 2.45) is 4.51 Å². The van der Waals surface area contributed by atoms with Crippen molar-refractivity contribution in [2.45, 2.75) is 19.8 Å². The maximum atomic E-state index is 11.0. The molecule has 0 aromatic rings. The third-order valence-electron chi connectivity index (χ3n) is 1.15. The topological polar surface area (TPSA) is 41.9 Å². The highest BCUT2D eigenvalue weighted by Crippen LogP contribution is 2.05. The van der Waals surface area contributed by atoms with Crippen LogP contribution in [0.2, 0.25) is 0 Å². The molecule has 0 rings (SSSR count). The molecule has 4 nitrogen and oxygen atoms in total. The number of amidine groups is 1. The summed E-state index contributed by atoms with van der Waals surface area (Å²) in [5, 5.41) is 0. The van der Waals surface area contributed by atoms with Crippen molar-refractivity contribution in [1.82, 2.24) is 3.94 Å². The highest BCUT2D eigenvalue weighted by molar-refractivity contribution is 6.55. The minimum atomic E-state index is -0.742. The van der Waals surface area contributed by atoms with Crippen LogP contribution in [0.5, 0.6) is 0 Å². The summed E-state index contributed by atoms with van der Waals surface area (Å²) in [6.45, 7) is 2.27. The molecule has 7 heteroatoms. The molecule has 0 bridgehead atoms. The minimum absolute atomic E-state index is 0.298. The summed E-state index contributed by atoms with van der Waals surface area (Å²) in [5.41, 5.74) is 0. The van der Waals surface area contributed by atoms with Gasteiger partial charge in [-0.05, 0) is 6.42 Å². The summed E-state index contributed by atoms with van der Waals surface area (Å²) in [5.74, 6) is -1.09. The van der Waals surface area contributed by atoms with Crippen LogP contribution in [0.4, 0.5) is 0 Å². The first-order valence-electron chi connectivity index (χ1n) is 3.61. The lowest BCUT2D eigenvalue weighted by Crippen LogP contribution is -2.25. The SMILES string of the molecule is CCCCOC(=O)C(=NCl)N(Cl)Cl. The smallest absolute Gasteiger partial charge is 0.377 e. The second-order valence-electron chi connectivity index (χ2n) is 2.13. The van der Waals surface area contributed by atoms with Crippen LogP contribution in [-0.2, 0) is 9.53 Å². The monoisotopic (exact) mass is 246 g/mol. The molecule has 0 aliphatic carbocycles. The maximum absolute atomic E-state index is 11.0. The summed E-state index contributed by atoms with van der Waals surface area (Å²) in [4.78, 5) is 11.0. The van der Waals surface area contributed by atoms with E-state index in [1.165, 1.54) is 0 Å². The molecule has 0 fully saturated rings. The molecule has 0 aromatic heterocycles. The van der Waals surface area contributed by atoms with E-state index in [0.29, 0.717) is 10.5 Å². The van der Waals surface area contributed by atoms with E-state index in [1.54, 1.807) is 0 Å². The van der Waals surface area contributed by atoms with Crippen molar-refractivity contribution < 1.29 is 9.53 Å². The van der Waals surface area contributed by atoms with Gasteiger partial charge in [0.2, 0.25) is 0 Å². The Labute approximate surface area is 91.7 Å². The molecule has 0 atom stereocenters. The number of halogens is 3. The minimum Gasteiger partial charge on any atom is -0.460 e. The predicted molar refractivity (Wildman–Crippen MR) is 52.7 cm³/mol. The van der Waals surface area contributed by atoms with Crippen molar-refractivity contribution in [3.8, 4) is 0 Å². The molecule has 0 unspecified atom stereocenters. The molecule has 76 valence electrons. The molecule has 0 saturated heterocycles. The summed E-state index contributed by atoms with van der Waals surface area (Å²) >= 11 is 15.5. The highest BCUT2D eigenvalue weighted by Gasteiger charge is 2.18. The second kappa shape index (κ2) is 7.24. The summed E-state index contributed by atoms with van der Waals surface area (Å²) in [7, 11) is 0. The van der Waals surface area contributed by atoms with Crippen LogP contribution in [0, 0.1) is 0 Å². The third kappa shape index (κ3) is 5.18. The lowest BCUT2D eigenvalue weighted by atomic mass is 10.4. The summed E-state index contributed by atoms with van der Waals surface area (Å²) in [6.07, 6.45) is 1.69. The zero-order valence-corrected chi connectivity index (χ0v) is 9.23. The molecule has 0 aliphatic heterocycles. The lowest BCUT2D eigenvalue weighted by Gasteiger charge is -2.07. The van der Waals surface area contributed by atoms with Crippen LogP contribution in [0.3, 0.4) is 0 Å². The van der Waals surface area contributed by atoms with E-state index in [9.17, 15) is 4.79 Å². The van der Waals surface area contributed by atoms with Gasteiger partial charge in [0.05, 0.1) is 6.61 Å². The maximum Gasteiger partial charge on any atom is 0.377 e. The van der Waals surface area contributed by atoms with Crippen LogP contribution in [0.1, 0.15) is 19.8 Å². The molecule has 0 amide bonds. The number of unbranched alkanes of at least 4 members (excludes halogenated alkanes) is 1. The van der Waals surface area contributed by atoms with Gasteiger partial charge in [-0.2, -0.15) is 3.94 Å². The normalized spacial score (nSPS) is 11.2. The molecule has 0 spiro atoms. The Morgan fingerprint density at radius 2 is 2.15 bits per heavy atom. The average Bonchev–Trinajstić information content (AvgIpc) is 2.05. The van der Waals surface area contributed by atoms with Crippen LogP contribution in [-0.4, -0.2) is 22.3 Å². The van der Waals surface area contributed by atoms with Gasteiger partial charge >= 0.3 is 5.97 Å². The Morgan fingerprint density at radius 1 is 1.54 bits per heavy atom. The Balaban J connectivity index is 3.94. The van der Waals surface area contributed by atoms with Crippen molar-refractivity contribution in [3.63, 3.8) is 0 Å². The number of esters is 1. The molecule has 0 heterocycles. The van der Waals surface area contributed by atoms with E-state index in [-0.39, 0.29) is 5.84 Å². The largest absolute Gasteiger partial charge is 0.460 e. The average molecular weight is 248 g/mol. The molecular weight excluding hydrogens is 238 g/mol. The van der Waals surface area contributed by atoms with E-state index in [0.717, 1.165) is 12.8 Å². The standard InChI is InChI=1S/C6H9Cl3N2O2/c1-2-3-4-13-6(12)5(10-7)11(8)9/h2-4H2,1H3. The zero-order chi connectivity index (χ0) is 10.3. The number of carbonyl (C=O) groups is 1. The number of carbonyl (C=O) groups excluding carboxylic acids is 1. The van der Waals surface area contributed by atoms with Gasteiger partial charge in [0.25, 0.3) is 5.84 Å². The summed E-state index contributed by atoms with van der Waals surface area (Å²) in [6, 6.07) is 0. The fraction of sp³-hybridized carbons (Fsp3) is 0.667. The van der Waals surface area contributed by atoms with E-state index in [4.69, 9.17) is 40.1 Å². The van der Waals surface area contributed by atoms with Gasteiger partial charge in [-0.25, -0.2) is 4.79 Å². The van der Waals surface area contributed by atoms with E-state index in [2.05, 4.69) is 4.51 Å². The van der Waals surface area contributed by atoms with Crippen LogP contribution in [0.15, 0.2) is 4.51 Å². The number of rotatable bonds is 3. The quantitative estimate of drug-likeness (QED) is 0.253. The molecule has 0 N–H and O–H groups in total. The number of hydrogen-bond acceptors (Lipinski definition) is 3. The third-order valence-corrected chi connectivity index (χ3v) is 1.63. The first-order valence-corrected chi connectivity index (χ1v) is 4.62. The van der Waals surface area contributed by atoms with E-state index < -0.39 is 5.97 Å². The fourth-order valence-corrected chi connectivity index (χ4v) is 0.941. The lowest BCUT2D eigenvalue weighted by molar-refractivity contribution is -0.136. The van der Waals surface area contributed by atoms with Crippen LogP contribution >= 0.6 is 35.3 Å². The molecular formula is C6H9Cl3N2O2. The van der Waals surface area contributed by atoms with Gasteiger partial charge in [-0.3, -0.25) is 0 Å². The van der Waals surface area contributed by atoms with Gasteiger partial charge in [0.1, 0.15) is 0 Å². The van der Waals surface area contributed by atoms with E-state index >= 15 is 0 Å². The molecule has 0 saturated carbocycles. The Kier molecular flexibility index (Phi) is 7.13. The van der Waals surface area contributed by atoms with Crippen LogP contribution < -0.4 is 0 Å². The van der Waals surface area contributed by atoms with Gasteiger partial charge in [0, 0.05) is 35.3 Å². The van der Waals surface area contributed by atoms with Gasteiger partial charge in [-0.15, -0.1) is 4.51 Å². The molecule has 0 aromatic carbocycles. The first kappa shape index (κ1) is 12.8. The summed E-state index contributed by atoms with van der Waals surface area (Å²) < 4.78 is 8.23. The van der Waals surface area contributed by atoms with Gasteiger partial charge in [0.15, 0.2) is 0 Å². The van der Waals surface area contributed by atoms with Crippen LogP contribution in [0.25, 0.3) is 0 Å². The van der Waals surface area contributed by atoms with Crippen molar-refractivity contribution >= 4 is 47.1 Å². The van der Waals surface area contributed by atoms with Gasteiger partial charge < -0.3 is 4.74 Å². The fourth-order valence-electron chi connectivity index (χ4n) is 0.506. The number of nitrogens with zero attached hydrogens (tertiary/aromatic N) is 2. The Morgan fingerprint density at radius 3 is 2.54 bits per heavy atom. The number of ether oxygens (including phenoxy) is 1. The second-order valence-corrected chi connectivity index (χ2v) is 3.15.